The topological polar surface area (TPSA) is 77.1 Å². The molecule has 2 heterocycles. The molecule has 0 aliphatic carbocycles. The lowest BCUT2D eigenvalue weighted by atomic mass is 10.0. The minimum atomic E-state index is -0.400. The van der Waals surface area contributed by atoms with Gasteiger partial charge in [0, 0.05) is 22.5 Å². The minimum Gasteiger partial charge on any atom is -0.497 e. The molecule has 0 bridgehead atoms. The SMILES string of the molecule is COC(=O)c1ccc2c(c1)c(CCc1ccc(Cl)cc1)c(C#Cc1nc3ccc(OC)cc3s1)n2CCC#N. The number of fused-ring (bicyclic) bond motifs is 2. The molecule has 0 atom stereocenters. The predicted molar refractivity (Wildman–Crippen MR) is 155 cm³/mol. The number of methoxy groups -OCH3 is 2. The van der Waals surface area contributed by atoms with Crippen molar-refractivity contribution in [1.29, 1.82) is 5.26 Å². The van der Waals surface area contributed by atoms with Crippen LogP contribution in [0.2, 0.25) is 5.02 Å². The lowest BCUT2D eigenvalue weighted by Crippen LogP contribution is -2.02. The zero-order valence-corrected chi connectivity index (χ0v) is 23.0. The van der Waals surface area contributed by atoms with Gasteiger partial charge in [0.25, 0.3) is 0 Å². The number of benzene rings is 3. The number of carbonyl (C=O) groups excluding carboxylic acids is 1. The largest absolute Gasteiger partial charge is 0.497 e. The van der Waals surface area contributed by atoms with E-state index in [4.69, 9.17) is 21.1 Å². The fourth-order valence-corrected chi connectivity index (χ4v) is 5.55. The molecule has 8 heteroatoms. The Hall–Kier alpha value is -4.30. The Morgan fingerprint density at radius 2 is 1.87 bits per heavy atom. The van der Waals surface area contributed by atoms with Crippen LogP contribution in [0.25, 0.3) is 21.1 Å². The first-order valence-corrected chi connectivity index (χ1v) is 13.5. The molecule has 0 unspecified atom stereocenters. The van der Waals surface area contributed by atoms with E-state index in [1.165, 1.54) is 18.4 Å². The fraction of sp³-hybridized carbons (Fsp3) is 0.194. The van der Waals surface area contributed by atoms with Gasteiger partial charge in [-0.2, -0.15) is 5.26 Å². The molecule has 194 valence electrons. The van der Waals surface area contributed by atoms with Crippen molar-refractivity contribution in [3.05, 3.63) is 93.1 Å². The van der Waals surface area contributed by atoms with Crippen LogP contribution >= 0.6 is 22.9 Å². The third kappa shape index (κ3) is 5.61. The smallest absolute Gasteiger partial charge is 0.337 e. The Balaban J connectivity index is 1.64. The summed E-state index contributed by atoms with van der Waals surface area (Å²) in [5.41, 5.74) is 5.21. The van der Waals surface area contributed by atoms with Crippen LogP contribution in [-0.2, 0) is 24.1 Å². The minimum absolute atomic E-state index is 0.328. The van der Waals surface area contributed by atoms with Crippen LogP contribution in [0.1, 0.15) is 38.6 Å². The van der Waals surface area contributed by atoms with Gasteiger partial charge < -0.3 is 14.0 Å². The fourth-order valence-electron chi connectivity index (χ4n) is 4.58. The number of aryl methyl sites for hydroxylation is 3. The molecule has 0 saturated heterocycles. The Morgan fingerprint density at radius 1 is 1.05 bits per heavy atom. The van der Waals surface area contributed by atoms with Crippen molar-refractivity contribution in [1.82, 2.24) is 9.55 Å². The van der Waals surface area contributed by atoms with Crippen LogP contribution in [0.15, 0.2) is 60.7 Å². The van der Waals surface area contributed by atoms with E-state index in [-0.39, 0.29) is 0 Å². The lowest BCUT2D eigenvalue weighted by molar-refractivity contribution is 0.0601. The van der Waals surface area contributed by atoms with Gasteiger partial charge in [0.15, 0.2) is 5.01 Å². The van der Waals surface area contributed by atoms with Crippen molar-refractivity contribution >= 4 is 50.0 Å². The first kappa shape index (κ1) is 26.3. The summed E-state index contributed by atoms with van der Waals surface area (Å²) in [4.78, 5) is 17.0. The van der Waals surface area contributed by atoms with E-state index < -0.39 is 5.97 Å². The highest BCUT2D eigenvalue weighted by atomic mass is 35.5. The maximum atomic E-state index is 12.4. The molecule has 3 aromatic carbocycles. The van der Waals surface area contributed by atoms with Gasteiger partial charge in [0.05, 0.1) is 48.2 Å². The van der Waals surface area contributed by atoms with Gasteiger partial charge in [-0.25, -0.2) is 9.78 Å². The zero-order valence-electron chi connectivity index (χ0n) is 21.5. The summed E-state index contributed by atoms with van der Waals surface area (Å²) in [7, 11) is 3.01. The first-order valence-electron chi connectivity index (χ1n) is 12.3. The van der Waals surface area contributed by atoms with Gasteiger partial charge >= 0.3 is 5.97 Å². The molecular formula is C31H24ClN3O3S. The van der Waals surface area contributed by atoms with Gasteiger partial charge in [-0.15, -0.1) is 11.3 Å². The third-order valence-electron chi connectivity index (χ3n) is 6.50. The molecule has 0 fully saturated rings. The second kappa shape index (κ2) is 11.6. The standard InChI is InChI=1S/C31H24ClN3O3S/c1-37-23-10-12-26-29(19-23)39-30(34-26)15-14-27-24(11-6-20-4-8-22(32)9-5-20)25-18-21(31(36)38-2)7-13-28(25)35(27)17-3-16-33/h4-5,7-10,12-13,18-19H,3,6,11,17H2,1-2H3. The number of hydrogen-bond acceptors (Lipinski definition) is 6. The molecule has 0 aliphatic rings. The molecule has 6 nitrogen and oxygen atoms in total. The number of aromatic nitrogens is 2. The summed E-state index contributed by atoms with van der Waals surface area (Å²) in [5, 5.41) is 11.7. The number of thiazole rings is 1. The van der Waals surface area contributed by atoms with Gasteiger partial charge in [-0.1, -0.05) is 23.7 Å². The molecule has 0 aliphatic heterocycles. The van der Waals surface area contributed by atoms with Gasteiger partial charge in [0.2, 0.25) is 0 Å². The molecule has 2 aromatic heterocycles. The van der Waals surface area contributed by atoms with E-state index in [0.29, 0.717) is 35.0 Å². The summed E-state index contributed by atoms with van der Waals surface area (Å²) in [6, 6.07) is 21.3. The van der Waals surface area contributed by atoms with Crippen LogP contribution < -0.4 is 4.74 Å². The maximum Gasteiger partial charge on any atom is 0.337 e. The summed E-state index contributed by atoms with van der Waals surface area (Å²) < 4.78 is 13.4. The van der Waals surface area contributed by atoms with Crippen molar-refractivity contribution in [3.8, 4) is 23.7 Å². The second-order valence-corrected chi connectivity index (χ2v) is 10.3. The summed E-state index contributed by atoms with van der Waals surface area (Å²) >= 11 is 7.59. The van der Waals surface area contributed by atoms with E-state index in [9.17, 15) is 10.1 Å². The number of halogens is 1. The number of carbonyl (C=O) groups is 1. The number of rotatable bonds is 7. The van der Waals surface area contributed by atoms with E-state index in [1.807, 2.05) is 54.6 Å². The molecule has 0 N–H and O–H groups in total. The highest BCUT2D eigenvalue weighted by Gasteiger charge is 2.18. The van der Waals surface area contributed by atoms with Gasteiger partial charge in [0.1, 0.15) is 5.75 Å². The number of nitrogens with zero attached hydrogens (tertiary/aromatic N) is 3. The van der Waals surface area contributed by atoms with Crippen LogP contribution in [-0.4, -0.2) is 29.7 Å². The molecule has 0 radical (unpaired) electrons. The van der Waals surface area contributed by atoms with E-state index in [1.54, 1.807) is 13.2 Å². The Kier molecular flexibility index (Phi) is 7.84. The molecule has 5 rings (SSSR count). The van der Waals surface area contributed by atoms with E-state index in [0.717, 1.165) is 50.1 Å². The van der Waals surface area contributed by atoms with Crippen LogP contribution in [0.3, 0.4) is 0 Å². The number of nitriles is 1. The highest BCUT2D eigenvalue weighted by molar-refractivity contribution is 7.19. The lowest BCUT2D eigenvalue weighted by Gasteiger charge is -2.06. The molecule has 5 aromatic rings. The maximum absolute atomic E-state index is 12.4. The van der Waals surface area contributed by atoms with Crippen molar-refractivity contribution in [3.63, 3.8) is 0 Å². The van der Waals surface area contributed by atoms with Crippen molar-refractivity contribution in [2.75, 3.05) is 14.2 Å². The number of esters is 1. The highest BCUT2D eigenvalue weighted by Crippen LogP contribution is 2.30. The summed E-state index contributed by atoms with van der Waals surface area (Å²) in [6.07, 6.45) is 1.77. The average Bonchev–Trinajstić information content (AvgIpc) is 3.51. The number of ether oxygens (including phenoxy) is 2. The Labute approximate surface area is 235 Å². The van der Waals surface area contributed by atoms with E-state index in [2.05, 4.69) is 27.5 Å². The average molecular weight is 554 g/mol. The van der Waals surface area contributed by atoms with Gasteiger partial charge in [-0.05, 0) is 84.3 Å². The van der Waals surface area contributed by atoms with Crippen molar-refractivity contribution in [2.45, 2.75) is 25.8 Å². The second-order valence-electron chi connectivity index (χ2n) is 8.84. The third-order valence-corrected chi connectivity index (χ3v) is 7.68. The van der Waals surface area contributed by atoms with Crippen LogP contribution in [0.5, 0.6) is 5.75 Å². The molecule has 0 amide bonds. The summed E-state index contributed by atoms with van der Waals surface area (Å²) in [5.74, 6) is 7.01. The predicted octanol–water partition coefficient (Wildman–Crippen LogP) is 6.80. The quantitative estimate of drug-likeness (QED) is 0.164. The van der Waals surface area contributed by atoms with Crippen LogP contribution in [0.4, 0.5) is 0 Å². The Bertz CT molecular complexity index is 1790. The Morgan fingerprint density at radius 3 is 2.62 bits per heavy atom. The molecule has 0 spiro atoms. The van der Waals surface area contributed by atoms with Crippen molar-refractivity contribution in [2.24, 2.45) is 0 Å². The van der Waals surface area contributed by atoms with Gasteiger partial charge in [-0.3, -0.25) is 0 Å². The molecule has 39 heavy (non-hydrogen) atoms. The summed E-state index contributed by atoms with van der Waals surface area (Å²) in [6.45, 7) is 0.479. The van der Waals surface area contributed by atoms with E-state index >= 15 is 0 Å². The molecule has 0 saturated carbocycles. The number of hydrogen-bond donors (Lipinski definition) is 0. The normalized spacial score (nSPS) is 10.7. The monoisotopic (exact) mass is 553 g/mol. The zero-order chi connectivity index (χ0) is 27.4. The van der Waals surface area contributed by atoms with Crippen molar-refractivity contribution < 1.29 is 14.3 Å². The molecular weight excluding hydrogens is 530 g/mol. The first-order chi connectivity index (χ1) is 19.0. The van der Waals surface area contributed by atoms with Crippen LogP contribution in [0, 0.1) is 23.2 Å².